The lowest BCUT2D eigenvalue weighted by Gasteiger charge is -2.22. The van der Waals surface area contributed by atoms with Gasteiger partial charge in [-0.25, -0.2) is 0 Å². The Morgan fingerprint density at radius 3 is 2.87 bits per heavy atom. The van der Waals surface area contributed by atoms with Crippen molar-refractivity contribution in [2.45, 2.75) is 19.9 Å². The Bertz CT molecular complexity index is 733. The number of carbonyl (C=O) groups is 2. The van der Waals surface area contributed by atoms with E-state index in [9.17, 15) is 9.59 Å². The molecular weight excluding hydrogens is 332 g/mol. The Morgan fingerprint density at radius 2 is 2.17 bits per heavy atom. The first-order chi connectivity index (χ1) is 11.1. The molecule has 120 valence electrons. The van der Waals surface area contributed by atoms with Gasteiger partial charge in [-0.15, -0.1) is 11.8 Å². The number of anilines is 1. The summed E-state index contributed by atoms with van der Waals surface area (Å²) in [7, 11) is 0. The predicted molar refractivity (Wildman–Crippen MR) is 91.7 cm³/mol. The lowest BCUT2D eigenvalue weighted by atomic mass is 10.1. The number of rotatable bonds is 3. The molecule has 1 fully saturated rings. The molecule has 1 aliphatic rings. The minimum atomic E-state index is -0.491. The molecule has 0 radical (unpaired) electrons. The number of thioether (sulfide) groups is 1. The molecule has 0 saturated carbocycles. The van der Waals surface area contributed by atoms with E-state index in [0.717, 1.165) is 28.5 Å². The lowest BCUT2D eigenvalue weighted by molar-refractivity contribution is -0.119. The van der Waals surface area contributed by atoms with Gasteiger partial charge >= 0.3 is 0 Å². The van der Waals surface area contributed by atoms with Crippen molar-refractivity contribution < 1.29 is 9.59 Å². The third-order valence-electron chi connectivity index (χ3n) is 3.67. The van der Waals surface area contributed by atoms with Crippen molar-refractivity contribution in [1.82, 2.24) is 13.6 Å². The summed E-state index contributed by atoms with van der Waals surface area (Å²) >= 11 is 2.55. The van der Waals surface area contributed by atoms with Crippen LogP contribution in [0.25, 0.3) is 0 Å². The fourth-order valence-electron chi connectivity index (χ4n) is 2.44. The second kappa shape index (κ2) is 6.67. The summed E-state index contributed by atoms with van der Waals surface area (Å²) in [6, 6.07) is 5.37. The molecule has 1 atom stereocenters. The van der Waals surface area contributed by atoms with Crippen molar-refractivity contribution in [2.75, 3.05) is 16.9 Å². The van der Waals surface area contributed by atoms with E-state index in [0.29, 0.717) is 17.3 Å². The summed E-state index contributed by atoms with van der Waals surface area (Å²) in [5, 5.41) is 2.93. The van der Waals surface area contributed by atoms with E-state index in [2.05, 4.69) is 14.1 Å². The topological polar surface area (TPSA) is 75.2 Å². The number of hydrogen-bond acceptors (Lipinski definition) is 6. The Kier molecular flexibility index (Phi) is 4.63. The van der Waals surface area contributed by atoms with Gasteiger partial charge in [0.1, 0.15) is 6.04 Å². The Morgan fingerprint density at radius 1 is 1.35 bits per heavy atom. The van der Waals surface area contributed by atoms with Crippen LogP contribution in [0, 0.1) is 13.8 Å². The molecule has 1 aromatic carbocycles. The molecule has 1 saturated heterocycles. The number of benzene rings is 1. The molecule has 23 heavy (non-hydrogen) atoms. The number of carbonyl (C=O) groups excluding carboxylic acids is 2. The number of hydrogen-bond donors (Lipinski definition) is 1. The van der Waals surface area contributed by atoms with Gasteiger partial charge in [-0.3, -0.25) is 9.59 Å². The van der Waals surface area contributed by atoms with Crippen molar-refractivity contribution in [1.29, 1.82) is 0 Å². The fourth-order valence-corrected chi connectivity index (χ4v) is 4.00. The van der Waals surface area contributed by atoms with E-state index in [1.165, 1.54) is 6.20 Å². The van der Waals surface area contributed by atoms with E-state index in [1.807, 2.05) is 32.0 Å². The van der Waals surface area contributed by atoms with Crippen LogP contribution >= 0.6 is 23.5 Å². The number of aromatic nitrogens is 2. The minimum Gasteiger partial charge on any atom is -0.324 e. The molecule has 0 unspecified atom stereocenters. The molecule has 8 heteroatoms. The van der Waals surface area contributed by atoms with E-state index < -0.39 is 6.04 Å². The van der Waals surface area contributed by atoms with Gasteiger partial charge < -0.3 is 10.2 Å². The molecule has 2 heterocycles. The third kappa shape index (κ3) is 3.37. The zero-order chi connectivity index (χ0) is 16.4. The van der Waals surface area contributed by atoms with Crippen LogP contribution in [0.5, 0.6) is 0 Å². The molecule has 0 bridgehead atoms. The highest BCUT2D eigenvalue weighted by Crippen LogP contribution is 2.25. The molecule has 0 aliphatic carbocycles. The van der Waals surface area contributed by atoms with Crippen LogP contribution < -0.4 is 5.32 Å². The van der Waals surface area contributed by atoms with Crippen LogP contribution in [-0.2, 0) is 4.79 Å². The van der Waals surface area contributed by atoms with Crippen LogP contribution in [0.15, 0.2) is 24.4 Å². The average Bonchev–Trinajstić information content (AvgIpc) is 3.20. The SMILES string of the molecule is Cc1ccc(NC(=O)[C@H]2CSCN2C(=O)c2cnsn2)c(C)c1. The van der Waals surface area contributed by atoms with E-state index in [-0.39, 0.29) is 11.8 Å². The minimum absolute atomic E-state index is 0.168. The maximum atomic E-state index is 12.6. The molecule has 2 aromatic rings. The van der Waals surface area contributed by atoms with E-state index in [4.69, 9.17) is 0 Å². The van der Waals surface area contributed by atoms with Gasteiger partial charge in [0.25, 0.3) is 5.91 Å². The summed E-state index contributed by atoms with van der Waals surface area (Å²) < 4.78 is 7.81. The van der Waals surface area contributed by atoms with Gasteiger partial charge in [-0.2, -0.15) is 8.75 Å². The van der Waals surface area contributed by atoms with Gasteiger partial charge in [-0.1, -0.05) is 17.7 Å². The predicted octanol–water partition coefficient (Wildman–Crippen LogP) is 2.31. The summed E-state index contributed by atoms with van der Waals surface area (Å²) in [6.45, 7) is 3.96. The van der Waals surface area contributed by atoms with E-state index in [1.54, 1.807) is 16.7 Å². The third-order valence-corrected chi connectivity index (χ3v) is 5.16. The Hall–Kier alpha value is -1.93. The Balaban J connectivity index is 1.74. The highest BCUT2D eigenvalue weighted by Gasteiger charge is 2.36. The van der Waals surface area contributed by atoms with Gasteiger partial charge in [-0.05, 0) is 25.5 Å². The van der Waals surface area contributed by atoms with Gasteiger partial charge in [0.2, 0.25) is 5.91 Å². The molecule has 3 rings (SSSR count). The molecular formula is C15H16N4O2S2. The standard InChI is InChI=1S/C15H16N4O2S2/c1-9-3-4-11(10(2)5-9)17-14(20)13-7-22-8-19(13)15(21)12-6-16-23-18-12/h3-6,13H,7-8H2,1-2H3,(H,17,20)/t13-/m1/s1. The number of nitrogens with zero attached hydrogens (tertiary/aromatic N) is 3. The van der Waals surface area contributed by atoms with Crippen molar-refractivity contribution in [3.8, 4) is 0 Å². The van der Waals surface area contributed by atoms with Crippen LogP contribution in [0.1, 0.15) is 21.6 Å². The molecule has 6 nitrogen and oxygen atoms in total. The summed E-state index contributed by atoms with van der Waals surface area (Å²) in [5.41, 5.74) is 3.22. The van der Waals surface area contributed by atoms with Crippen molar-refractivity contribution in [3.63, 3.8) is 0 Å². The summed E-state index contributed by atoms with van der Waals surface area (Å²) in [5.74, 6) is 0.657. The monoisotopic (exact) mass is 348 g/mol. The zero-order valence-electron chi connectivity index (χ0n) is 12.8. The second-order valence-electron chi connectivity index (χ2n) is 5.39. The van der Waals surface area contributed by atoms with E-state index >= 15 is 0 Å². The first kappa shape index (κ1) is 15.9. The number of nitrogens with one attached hydrogen (secondary N) is 1. The maximum Gasteiger partial charge on any atom is 0.276 e. The fraction of sp³-hybridized carbons (Fsp3) is 0.333. The zero-order valence-corrected chi connectivity index (χ0v) is 14.4. The highest BCUT2D eigenvalue weighted by molar-refractivity contribution is 7.99. The Labute approximate surface area is 142 Å². The maximum absolute atomic E-state index is 12.6. The van der Waals surface area contributed by atoms with Gasteiger partial charge in [0.05, 0.1) is 23.8 Å². The van der Waals surface area contributed by atoms with Crippen molar-refractivity contribution in [3.05, 3.63) is 41.2 Å². The normalized spacial score (nSPS) is 17.3. The first-order valence-corrected chi connectivity index (χ1v) is 8.99. The quantitative estimate of drug-likeness (QED) is 0.921. The van der Waals surface area contributed by atoms with Crippen LogP contribution in [0.4, 0.5) is 5.69 Å². The number of aryl methyl sites for hydroxylation is 2. The average molecular weight is 348 g/mol. The smallest absolute Gasteiger partial charge is 0.276 e. The molecule has 1 aliphatic heterocycles. The van der Waals surface area contributed by atoms with Crippen LogP contribution in [0.3, 0.4) is 0 Å². The molecule has 2 amide bonds. The number of amides is 2. The highest BCUT2D eigenvalue weighted by atomic mass is 32.2. The van der Waals surface area contributed by atoms with Crippen LogP contribution in [0.2, 0.25) is 0 Å². The van der Waals surface area contributed by atoms with Crippen molar-refractivity contribution >= 4 is 41.0 Å². The van der Waals surface area contributed by atoms with Crippen LogP contribution in [-0.4, -0.2) is 43.1 Å². The lowest BCUT2D eigenvalue weighted by Crippen LogP contribution is -2.44. The summed E-state index contributed by atoms with van der Waals surface area (Å²) in [6.07, 6.45) is 1.44. The second-order valence-corrected chi connectivity index (χ2v) is 6.95. The summed E-state index contributed by atoms with van der Waals surface area (Å²) in [4.78, 5) is 26.6. The molecule has 1 aromatic heterocycles. The first-order valence-electron chi connectivity index (χ1n) is 7.10. The largest absolute Gasteiger partial charge is 0.324 e. The van der Waals surface area contributed by atoms with Crippen molar-refractivity contribution in [2.24, 2.45) is 0 Å². The van der Waals surface area contributed by atoms with Gasteiger partial charge in [0, 0.05) is 11.4 Å². The molecule has 1 N–H and O–H groups in total. The molecule has 0 spiro atoms. The van der Waals surface area contributed by atoms with Gasteiger partial charge in [0.15, 0.2) is 5.69 Å².